The number of hydrogen-bond acceptors (Lipinski definition) is 4. The van der Waals surface area contributed by atoms with E-state index in [-0.39, 0.29) is 0 Å². The zero-order valence-corrected chi connectivity index (χ0v) is 11.4. The molecule has 5 heteroatoms. The predicted molar refractivity (Wildman–Crippen MR) is 74.9 cm³/mol. The van der Waals surface area contributed by atoms with Crippen LogP contribution in [-0.4, -0.2) is 29.1 Å². The van der Waals surface area contributed by atoms with Gasteiger partial charge in [-0.15, -0.1) is 0 Å². The second kappa shape index (κ2) is 6.90. The molecule has 1 aliphatic carbocycles. The van der Waals surface area contributed by atoms with Crippen LogP contribution < -0.4 is 10.6 Å². The van der Waals surface area contributed by atoms with Crippen molar-refractivity contribution in [2.24, 2.45) is 5.73 Å². The van der Waals surface area contributed by atoms with E-state index in [1.54, 1.807) is 12.5 Å². The molecule has 2 rings (SSSR count). The third-order valence-electron chi connectivity index (χ3n) is 3.54. The summed E-state index contributed by atoms with van der Waals surface area (Å²) in [6.07, 6.45) is 10.6. The highest BCUT2D eigenvalue weighted by molar-refractivity contribution is 6.32. The van der Waals surface area contributed by atoms with Gasteiger partial charge in [0, 0.05) is 12.6 Å². The molecule has 2 N–H and O–H groups in total. The van der Waals surface area contributed by atoms with Crippen LogP contribution in [0.1, 0.15) is 38.5 Å². The van der Waals surface area contributed by atoms with Gasteiger partial charge in [-0.25, -0.2) is 9.97 Å². The van der Waals surface area contributed by atoms with Crippen LogP contribution >= 0.6 is 11.6 Å². The smallest absolute Gasteiger partial charge is 0.151 e. The zero-order chi connectivity index (χ0) is 12.8. The Hall–Kier alpha value is -0.870. The lowest BCUT2D eigenvalue weighted by atomic mass is 9.94. The summed E-state index contributed by atoms with van der Waals surface area (Å²) in [5, 5.41) is 0.639. The molecule has 0 aromatic carbocycles. The van der Waals surface area contributed by atoms with E-state index in [4.69, 9.17) is 17.3 Å². The summed E-state index contributed by atoms with van der Waals surface area (Å²) in [4.78, 5) is 10.6. The van der Waals surface area contributed by atoms with E-state index in [1.807, 2.05) is 0 Å². The van der Waals surface area contributed by atoms with Crippen molar-refractivity contribution < 1.29 is 0 Å². The largest absolute Gasteiger partial charge is 0.352 e. The molecular weight excluding hydrogens is 248 g/mol. The van der Waals surface area contributed by atoms with Crippen LogP contribution in [0.5, 0.6) is 0 Å². The topological polar surface area (TPSA) is 55.0 Å². The average Bonchev–Trinajstić information content (AvgIpc) is 2.42. The van der Waals surface area contributed by atoms with Crippen LogP contribution in [0.15, 0.2) is 12.5 Å². The second-order valence-corrected chi connectivity index (χ2v) is 5.23. The lowest BCUT2D eigenvalue weighted by molar-refractivity contribution is 0.411. The maximum atomic E-state index is 6.22. The summed E-state index contributed by atoms with van der Waals surface area (Å²) in [6.45, 7) is 1.63. The molecule has 100 valence electrons. The molecular formula is C13H21ClN4. The van der Waals surface area contributed by atoms with Gasteiger partial charge < -0.3 is 10.6 Å². The second-order valence-electron chi connectivity index (χ2n) is 4.82. The number of halogens is 1. The molecule has 4 nitrogen and oxygen atoms in total. The van der Waals surface area contributed by atoms with Crippen molar-refractivity contribution in [1.82, 2.24) is 9.97 Å². The summed E-state index contributed by atoms with van der Waals surface area (Å²) in [5.74, 6) is 0.868. The van der Waals surface area contributed by atoms with Gasteiger partial charge in [-0.3, -0.25) is 0 Å². The maximum Gasteiger partial charge on any atom is 0.151 e. The first-order valence-corrected chi connectivity index (χ1v) is 7.13. The minimum Gasteiger partial charge on any atom is -0.352 e. The van der Waals surface area contributed by atoms with Gasteiger partial charge in [0.2, 0.25) is 0 Å². The van der Waals surface area contributed by atoms with E-state index in [0.717, 1.165) is 18.8 Å². The van der Waals surface area contributed by atoms with E-state index >= 15 is 0 Å². The van der Waals surface area contributed by atoms with Crippen LogP contribution in [0.4, 0.5) is 5.82 Å². The molecule has 0 aliphatic heterocycles. The Labute approximate surface area is 114 Å². The molecule has 1 saturated carbocycles. The van der Waals surface area contributed by atoms with Gasteiger partial charge >= 0.3 is 0 Å². The SMILES string of the molecule is NCCCN(c1ncncc1Cl)C1CCCCC1. The van der Waals surface area contributed by atoms with E-state index < -0.39 is 0 Å². The molecule has 1 aromatic rings. The normalized spacial score (nSPS) is 16.8. The molecule has 1 aliphatic rings. The van der Waals surface area contributed by atoms with Gasteiger partial charge in [0.15, 0.2) is 5.82 Å². The standard InChI is InChI=1S/C13H21ClN4/c14-12-9-16-10-17-13(12)18(8-4-7-15)11-5-2-1-3-6-11/h9-11H,1-8,15H2. The number of anilines is 1. The lowest BCUT2D eigenvalue weighted by Gasteiger charge is -2.35. The van der Waals surface area contributed by atoms with Crippen molar-refractivity contribution >= 4 is 17.4 Å². The fourth-order valence-corrected chi connectivity index (χ4v) is 2.85. The zero-order valence-electron chi connectivity index (χ0n) is 10.7. The Morgan fingerprint density at radius 2 is 2.11 bits per heavy atom. The highest BCUT2D eigenvalue weighted by Crippen LogP contribution is 2.29. The summed E-state index contributed by atoms with van der Waals surface area (Å²) < 4.78 is 0. The molecule has 1 heterocycles. The predicted octanol–water partition coefficient (Wildman–Crippen LogP) is 2.62. The van der Waals surface area contributed by atoms with Crippen LogP contribution in [0, 0.1) is 0 Å². The van der Waals surface area contributed by atoms with Crippen molar-refractivity contribution in [3.05, 3.63) is 17.5 Å². The van der Waals surface area contributed by atoms with Crippen LogP contribution in [0.25, 0.3) is 0 Å². The molecule has 0 amide bonds. The van der Waals surface area contributed by atoms with Gasteiger partial charge in [-0.05, 0) is 25.8 Å². The molecule has 0 saturated heterocycles. The summed E-state index contributed by atoms with van der Waals surface area (Å²) in [5.41, 5.74) is 5.63. The first kappa shape index (κ1) is 13.6. The summed E-state index contributed by atoms with van der Waals surface area (Å²) >= 11 is 6.22. The molecule has 1 aromatic heterocycles. The van der Waals surface area contributed by atoms with Crippen molar-refractivity contribution in [2.75, 3.05) is 18.0 Å². The first-order valence-electron chi connectivity index (χ1n) is 6.75. The minimum absolute atomic E-state index is 0.553. The first-order chi connectivity index (χ1) is 8.83. The van der Waals surface area contributed by atoms with Crippen molar-refractivity contribution in [3.63, 3.8) is 0 Å². The summed E-state index contributed by atoms with van der Waals surface area (Å²) in [6, 6.07) is 0.553. The quantitative estimate of drug-likeness (QED) is 0.892. The third kappa shape index (κ3) is 3.33. The molecule has 0 bridgehead atoms. The summed E-state index contributed by atoms with van der Waals surface area (Å²) in [7, 11) is 0. The monoisotopic (exact) mass is 268 g/mol. The Bertz CT molecular complexity index is 366. The van der Waals surface area contributed by atoms with Gasteiger partial charge in [-0.2, -0.15) is 0 Å². The fourth-order valence-electron chi connectivity index (χ4n) is 2.63. The Kier molecular flexibility index (Phi) is 5.20. The highest BCUT2D eigenvalue weighted by Gasteiger charge is 2.23. The van der Waals surface area contributed by atoms with E-state index in [2.05, 4.69) is 14.9 Å². The third-order valence-corrected chi connectivity index (χ3v) is 3.81. The van der Waals surface area contributed by atoms with Crippen LogP contribution in [-0.2, 0) is 0 Å². The van der Waals surface area contributed by atoms with E-state index in [1.165, 1.54) is 32.1 Å². The average molecular weight is 269 g/mol. The number of rotatable bonds is 5. The minimum atomic E-state index is 0.553. The van der Waals surface area contributed by atoms with Crippen LogP contribution in [0.2, 0.25) is 5.02 Å². The number of hydrogen-bond donors (Lipinski definition) is 1. The number of nitrogens with zero attached hydrogens (tertiary/aromatic N) is 3. The van der Waals surface area contributed by atoms with Gasteiger partial charge in [0.05, 0.1) is 6.20 Å². The van der Waals surface area contributed by atoms with Gasteiger partial charge in [0.25, 0.3) is 0 Å². The van der Waals surface area contributed by atoms with Crippen molar-refractivity contribution in [1.29, 1.82) is 0 Å². The molecule has 0 radical (unpaired) electrons. The van der Waals surface area contributed by atoms with Crippen molar-refractivity contribution in [3.8, 4) is 0 Å². The molecule has 0 unspecified atom stereocenters. The van der Waals surface area contributed by atoms with Gasteiger partial charge in [-0.1, -0.05) is 30.9 Å². The van der Waals surface area contributed by atoms with Crippen molar-refractivity contribution in [2.45, 2.75) is 44.6 Å². The van der Waals surface area contributed by atoms with E-state index in [0.29, 0.717) is 17.6 Å². The maximum absolute atomic E-state index is 6.22. The Morgan fingerprint density at radius 1 is 1.33 bits per heavy atom. The molecule has 0 atom stereocenters. The fraction of sp³-hybridized carbons (Fsp3) is 0.692. The Morgan fingerprint density at radius 3 is 2.78 bits per heavy atom. The highest BCUT2D eigenvalue weighted by atomic mass is 35.5. The lowest BCUT2D eigenvalue weighted by Crippen LogP contribution is -2.39. The molecule has 18 heavy (non-hydrogen) atoms. The van der Waals surface area contributed by atoms with Gasteiger partial charge in [0.1, 0.15) is 11.3 Å². The Balaban J connectivity index is 2.15. The number of nitrogens with two attached hydrogens (primary N) is 1. The molecule has 0 spiro atoms. The van der Waals surface area contributed by atoms with E-state index in [9.17, 15) is 0 Å². The molecule has 1 fully saturated rings. The number of aromatic nitrogens is 2. The van der Waals surface area contributed by atoms with Crippen LogP contribution in [0.3, 0.4) is 0 Å².